The minimum atomic E-state index is 0.684. The lowest BCUT2D eigenvalue weighted by Crippen LogP contribution is -2.35. The van der Waals surface area contributed by atoms with Crippen molar-refractivity contribution in [2.45, 2.75) is 33.5 Å². The van der Waals surface area contributed by atoms with Crippen molar-refractivity contribution in [2.24, 2.45) is 0 Å². The van der Waals surface area contributed by atoms with Crippen LogP contribution in [0.1, 0.15) is 27.9 Å². The molecule has 4 rings (SSSR count). The van der Waals surface area contributed by atoms with E-state index in [0.717, 1.165) is 29.4 Å². The summed E-state index contributed by atoms with van der Waals surface area (Å²) in [6.07, 6.45) is 2.10. The fourth-order valence-corrected chi connectivity index (χ4v) is 4.38. The lowest BCUT2D eigenvalue weighted by Gasteiger charge is -2.28. The molecule has 5 heteroatoms. The summed E-state index contributed by atoms with van der Waals surface area (Å²) in [6.45, 7) is 6.33. The normalized spacial score (nSPS) is 10.8. The Labute approximate surface area is 206 Å². The van der Waals surface area contributed by atoms with Crippen molar-refractivity contribution in [1.29, 1.82) is 0 Å². The standard InChI is InChI=1S/C28H28ClN3S/c1-21-10-8-11-22(2)27(21)30-28(33)32(18-23-12-4-3-5-13-23)20-25-15-9-17-31(25)19-24-14-6-7-16-26(24)29/h3-17H,18-20H2,1-2H3,(H,30,33). The van der Waals surface area contributed by atoms with Gasteiger partial charge in [0.05, 0.1) is 6.54 Å². The van der Waals surface area contributed by atoms with E-state index >= 15 is 0 Å². The topological polar surface area (TPSA) is 20.2 Å². The summed E-state index contributed by atoms with van der Waals surface area (Å²) >= 11 is 12.3. The predicted molar refractivity (Wildman–Crippen MR) is 143 cm³/mol. The number of thiocarbonyl (C=S) groups is 1. The zero-order valence-corrected chi connectivity index (χ0v) is 20.5. The molecular formula is C28H28ClN3S. The zero-order valence-electron chi connectivity index (χ0n) is 19.0. The number of halogens is 1. The van der Waals surface area contributed by atoms with E-state index in [9.17, 15) is 0 Å². The summed E-state index contributed by atoms with van der Waals surface area (Å²) in [5.74, 6) is 0. The van der Waals surface area contributed by atoms with Crippen molar-refractivity contribution < 1.29 is 0 Å². The summed E-state index contributed by atoms with van der Waals surface area (Å²) in [6, 6.07) is 28.9. The van der Waals surface area contributed by atoms with Gasteiger partial charge in [0.2, 0.25) is 0 Å². The highest BCUT2D eigenvalue weighted by molar-refractivity contribution is 7.80. The van der Waals surface area contributed by atoms with Crippen LogP contribution in [0.3, 0.4) is 0 Å². The number of anilines is 1. The quantitative estimate of drug-likeness (QED) is 0.286. The van der Waals surface area contributed by atoms with Gasteiger partial charge in [-0.05, 0) is 66.5 Å². The Bertz CT molecular complexity index is 1210. The average molecular weight is 474 g/mol. The highest BCUT2D eigenvalue weighted by atomic mass is 35.5. The van der Waals surface area contributed by atoms with Gasteiger partial charge in [-0.2, -0.15) is 0 Å². The first-order valence-corrected chi connectivity index (χ1v) is 11.8. The number of nitrogens with one attached hydrogen (secondary N) is 1. The number of hydrogen-bond acceptors (Lipinski definition) is 1. The van der Waals surface area contributed by atoms with Gasteiger partial charge in [-0.1, -0.05) is 78.3 Å². The lowest BCUT2D eigenvalue weighted by atomic mass is 10.1. The van der Waals surface area contributed by atoms with E-state index in [-0.39, 0.29) is 0 Å². The average Bonchev–Trinajstić information content (AvgIpc) is 3.24. The summed E-state index contributed by atoms with van der Waals surface area (Å²) < 4.78 is 2.24. The molecule has 3 aromatic carbocycles. The minimum Gasteiger partial charge on any atom is -0.345 e. The second kappa shape index (κ2) is 10.7. The molecule has 1 N–H and O–H groups in total. The van der Waals surface area contributed by atoms with Gasteiger partial charge < -0.3 is 14.8 Å². The van der Waals surface area contributed by atoms with Gasteiger partial charge in [0.25, 0.3) is 0 Å². The molecule has 1 heterocycles. The predicted octanol–water partition coefficient (Wildman–Crippen LogP) is 7.21. The van der Waals surface area contributed by atoms with Crippen molar-refractivity contribution >= 4 is 34.6 Å². The van der Waals surface area contributed by atoms with Gasteiger partial charge in [0.15, 0.2) is 5.11 Å². The molecule has 0 aliphatic rings. The molecule has 0 amide bonds. The smallest absolute Gasteiger partial charge is 0.174 e. The van der Waals surface area contributed by atoms with Crippen LogP contribution in [-0.2, 0) is 19.6 Å². The molecule has 0 atom stereocenters. The molecule has 1 aromatic heterocycles. The molecule has 3 nitrogen and oxygen atoms in total. The van der Waals surface area contributed by atoms with Gasteiger partial charge in [0, 0.05) is 35.7 Å². The molecule has 33 heavy (non-hydrogen) atoms. The summed E-state index contributed by atoms with van der Waals surface area (Å²) in [5.41, 5.74) is 6.93. The van der Waals surface area contributed by atoms with E-state index in [1.165, 1.54) is 22.4 Å². The third kappa shape index (κ3) is 5.84. The molecule has 0 aliphatic heterocycles. The second-order valence-electron chi connectivity index (χ2n) is 8.26. The number of benzene rings is 3. The van der Waals surface area contributed by atoms with Gasteiger partial charge in [-0.3, -0.25) is 0 Å². The van der Waals surface area contributed by atoms with Gasteiger partial charge in [0.1, 0.15) is 0 Å². The van der Waals surface area contributed by atoms with Crippen LogP contribution in [-0.4, -0.2) is 14.6 Å². The largest absolute Gasteiger partial charge is 0.345 e. The molecule has 0 bridgehead atoms. The number of nitrogens with zero attached hydrogens (tertiary/aromatic N) is 2. The third-order valence-electron chi connectivity index (χ3n) is 5.79. The molecule has 168 valence electrons. The molecule has 0 spiro atoms. The lowest BCUT2D eigenvalue weighted by molar-refractivity contribution is 0.399. The highest BCUT2D eigenvalue weighted by Gasteiger charge is 2.16. The minimum absolute atomic E-state index is 0.684. The van der Waals surface area contributed by atoms with Crippen LogP contribution in [0.15, 0.2) is 91.1 Å². The zero-order chi connectivity index (χ0) is 23.2. The maximum atomic E-state index is 6.42. The fraction of sp³-hybridized carbons (Fsp3) is 0.179. The number of rotatable bonds is 7. The van der Waals surface area contributed by atoms with E-state index in [4.69, 9.17) is 23.8 Å². The first-order chi connectivity index (χ1) is 16.0. The Morgan fingerprint density at radius 2 is 1.55 bits per heavy atom. The summed E-state index contributed by atoms with van der Waals surface area (Å²) in [4.78, 5) is 2.22. The van der Waals surface area contributed by atoms with E-state index in [1.54, 1.807) is 0 Å². The van der Waals surface area contributed by atoms with Crippen molar-refractivity contribution in [1.82, 2.24) is 9.47 Å². The first-order valence-electron chi connectivity index (χ1n) is 11.0. The number of aromatic nitrogens is 1. The van der Waals surface area contributed by atoms with Gasteiger partial charge in [-0.15, -0.1) is 0 Å². The van der Waals surface area contributed by atoms with E-state index in [2.05, 4.69) is 95.5 Å². The number of hydrogen-bond donors (Lipinski definition) is 1. The molecule has 0 radical (unpaired) electrons. The maximum Gasteiger partial charge on any atom is 0.174 e. The van der Waals surface area contributed by atoms with Gasteiger partial charge >= 0.3 is 0 Å². The molecule has 0 saturated carbocycles. The van der Waals surface area contributed by atoms with Gasteiger partial charge in [-0.25, -0.2) is 0 Å². The molecule has 0 fully saturated rings. The first kappa shape index (κ1) is 23.1. The molecular weight excluding hydrogens is 446 g/mol. The monoisotopic (exact) mass is 473 g/mol. The SMILES string of the molecule is Cc1cccc(C)c1NC(=S)N(Cc1ccccc1)Cc1cccn1Cc1ccccc1Cl. The van der Waals surface area contributed by atoms with Crippen LogP contribution >= 0.6 is 23.8 Å². The fourth-order valence-electron chi connectivity index (χ4n) is 3.95. The third-order valence-corrected chi connectivity index (χ3v) is 6.52. The van der Waals surface area contributed by atoms with Crippen LogP contribution in [0.2, 0.25) is 5.02 Å². The van der Waals surface area contributed by atoms with Crippen molar-refractivity contribution in [3.8, 4) is 0 Å². The maximum absolute atomic E-state index is 6.42. The Kier molecular flexibility index (Phi) is 7.48. The van der Waals surface area contributed by atoms with Crippen LogP contribution in [0.4, 0.5) is 5.69 Å². The van der Waals surface area contributed by atoms with Crippen molar-refractivity contribution in [3.05, 3.63) is 124 Å². The number of para-hydroxylation sites is 1. The molecule has 0 unspecified atom stereocenters. The van der Waals surface area contributed by atoms with E-state index < -0.39 is 0 Å². The van der Waals surface area contributed by atoms with Crippen LogP contribution in [0.5, 0.6) is 0 Å². The van der Waals surface area contributed by atoms with Crippen molar-refractivity contribution in [3.63, 3.8) is 0 Å². The molecule has 0 aliphatic carbocycles. The van der Waals surface area contributed by atoms with E-state index in [1.807, 2.05) is 24.3 Å². The van der Waals surface area contributed by atoms with Crippen LogP contribution in [0.25, 0.3) is 0 Å². The Balaban J connectivity index is 1.59. The molecule has 0 saturated heterocycles. The Morgan fingerprint density at radius 1 is 0.848 bits per heavy atom. The number of aryl methyl sites for hydroxylation is 2. The van der Waals surface area contributed by atoms with E-state index in [0.29, 0.717) is 11.7 Å². The van der Waals surface area contributed by atoms with Crippen molar-refractivity contribution in [2.75, 3.05) is 5.32 Å². The van der Waals surface area contributed by atoms with Crippen LogP contribution in [0, 0.1) is 13.8 Å². The summed E-state index contributed by atoms with van der Waals surface area (Å²) in [7, 11) is 0. The highest BCUT2D eigenvalue weighted by Crippen LogP contribution is 2.22. The van der Waals surface area contributed by atoms with Crippen LogP contribution < -0.4 is 5.32 Å². The Hall–Kier alpha value is -3.08. The second-order valence-corrected chi connectivity index (χ2v) is 9.05. The summed E-state index contributed by atoms with van der Waals surface area (Å²) in [5, 5.41) is 5.01. The molecule has 4 aromatic rings. The Morgan fingerprint density at radius 3 is 2.27 bits per heavy atom.